The number of benzene rings is 2. The monoisotopic (exact) mass is 550 g/mol. The minimum atomic E-state index is -0.783. The molecule has 0 bridgehead atoms. The lowest BCUT2D eigenvalue weighted by Crippen LogP contribution is -2.48. The molecule has 1 aliphatic carbocycles. The summed E-state index contributed by atoms with van der Waals surface area (Å²) in [6.45, 7) is 0.361. The lowest BCUT2D eigenvalue weighted by atomic mass is 9.94. The molecule has 0 spiro atoms. The van der Waals surface area contributed by atoms with Crippen LogP contribution in [0.2, 0.25) is 0 Å². The van der Waals surface area contributed by atoms with Gasteiger partial charge in [-0.3, -0.25) is 9.59 Å². The highest BCUT2D eigenvalue weighted by molar-refractivity contribution is 7.10. The Balaban J connectivity index is 1.67. The molecule has 39 heavy (non-hydrogen) atoms. The van der Waals surface area contributed by atoms with Gasteiger partial charge in [0.15, 0.2) is 11.5 Å². The van der Waals surface area contributed by atoms with Crippen LogP contribution in [0.25, 0.3) is 0 Å². The number of nitrogens with one attached hydrogen (secondary N) is 1. The molecule has 7 nitrogen and oxygen atoms in total. The smallest absolute Gasteiger partial charge is 0.247 e. The van der Waals surface area contributed by atoms with Gasteiger partial charge in [-0.05, 0) is 66.1 Å². The number of rotatable bonds is 12. The van der Waals surface area contributed by atoms with Gasteiger partial charge in [0.1, 0.15) is 11.8 Å². The number of amides is 2. The molecule has 2 aromatic carbocycles. The fourth-order valence-electron chi connectivity index (χ4n) is 5.16. The van der Waals surface area contributed by atoms with E-state index in [4.69, 9.17) is 14.2 Å². The lowest BCUT2D eigenvalue weighted by Gasteiger charge is -2.33. The summed E-state index contributed by atoms with van der Waals surface area (Å²) in [5, 5.41) is 5.24. The Kier molecular flexibility index (Phi) is 10.3. The van der Waals surface area contributed by atoms with Crippen LogP contribution in [0.15, 0.2) is 60.0 Å². The van der Waals surface area contributed by atoms with Gasteiger partial charge in [-0.2, -0.15) is 0 Å². The summed E-state index contributed by atoms with van der Waals surface area (Å²) in [7, 11) is 4.81. The molecule has 1 saturated carbocycles. The van der Waals surface area contributed by atoms with Gasteiger partial charge in [-0.15, -0.1) is 11.3 Å². The standard InChI is InChI=1S/C31H38N2O5S/c1-36-25-12-7-9-23(20-25)30(31(35)32-24-10-5-4-6-11-24)33(29(34)21-26-13-8-18-39-26)17-16-22-14-15-27(37-2)28(19-22)38-3/h7-9,12-15,18-20,24,30H,4-6,10-11,16-17,21H2,1-3H3,(H,32,35)/t30-/m0/s1. The predicted molar refractivity (Wildman–Crippen MR) is 154 cm³/mol. The average molecular weight is 551 g/mol. The molecule has 0 radical (unpaired) electrons. The second kappa shape index (κ2) is 14.0. The minimum Gasteiger partial charge on any atom is -0.497 e. The molecule has 1 N–H and O–H groups in total. The van der Waals surface area contributed by atoms with E-state index in [0.717, 1.165) is 41.7 Å². The van der Waals surface area contributed by atoms with Crippen molar-refractivity contribution in [2.75, 3.05) is 27.9 Å². The van der Waals surface area contributed by atoms with E-state index in [1.54, 1.807) is 37.6 Å². The van der Waals surface area contributed by atoms with Crippen LogP contribution < -0.4 is 19.5 Å². The Morgan fingerprint density at radius 1 is 0.949 bits per heavy atom. The van der Waals surface area contributed by atoms with E-state index < -0.39 is 6.04 Å². The number of methoxy groups -OCH3 is 3. The van der Waals surface area contributed by atoms with Crippen molar-refractivity contribution in [3.8, 4) is 17.2 Å². The number of ether oxygens (including phenoxy) is 3. The van der Waals surface area contributed by atoms with E-state index in [1.165, 1.54) is 6.42 Å². The number of nitrogens with zero attached hydrogens (tertiary/aromatic N) is 1. The molecule has 208 valence electrons. The fourth-order valence-corrected chi connectivity index (χ4v) is 5.85. The lowest BCUT2D eigenvalue weighted by molar-refractivity contribution is -0.140. The van der Waals surface area contributed by atoms with Gasteiger partial charge in [0.2, 0.25) is 11.8 Å². The van der Waals surface area contributed by atoms with Crippen LogP contribution in [0.1, 0.15) is 54.1 Å². The molecule has 0 aliphatic heterocycles. The highest BCUT2D eigenvalue weighted by atomic mass is 32.1. The molecular formula is C31H38N2O5S. The normalized spacial score (nSPS) is 14.3. The van der Waals surface area contributed by atoms with E-state index in [-0.39, 0.29) is 24.3 Å². The second-order valence-corrected chi connectivity index (χ2v) is 10.8. The van der Waals surface area contributed by atoms with Gasteiger partial charge in [-0.1, -0.05) is 43.5 Å². The maximum absolute atomic E-state index is 14.0. The molecule has 0 saturated heterocycles. The van der Waals surface area contributed by atoms with Crippen LogP contribution in [0.3, 0.4) is 0 Å². The molecule has 0 unspecified atom stereocenters. The van der Waals surface area contributed by atoms with Crippen LogP contribution in [0.5, 0.6) is 17.2 Å². The summed E-state index contributed by atoms with van der Waals surface area (Å²) < 4.78 is 16.3. The van der Waals surface area contributed by atoms with Crippen LogP contribution in [0, 0.1) is 0 Å². The van der Waals surface area contributed by atoms with Crippen LogP contribution in [-0.4, -0.2) is 50.6 Å². The third-order valence-electron chi connectivity index (χ3n) is 7.24. The van der Waals surface area contributed by atoms with Gasteiger partial charge in [-0.25, -0.2) is 0 Å². The zero-order valence-electron chi connectivity index (χ0n) is 23.0. The van der Waals surface area contributed by atoms with Crippen molar-refractivity contribution in [2.24, 2.45) is 0 Å². The van der Waals surface area contributed by atoms with Crippen molar-refractivity contribution in [3.05, 3.63) is 76.0 Å². The Morgan fingerprint density at radius 2 is 1.74 bits per heavy atom. The average Bonchev–Trinajstić information content (AvgIpc) is 3.48. The van der Waals surface area contributed by atoms with Gasteiger partial charge in [0.25, 0.3) is 0 Å². The topological polar surface area (TPSA) is 77.1 Å². The van der Waals surface area contributed by atoms with Crippen molar-refractivity contribution >= 4 is 23.2 Å². The molecule has 2 amide bonds. The van der Waals surface area contributed by atoms with Crippen molar-refractivity contribution in [1.29, 1.82) is 0 Å². The first kappa shape index (κ1) is 28.5. The summed E-state index contributed by atoms with van der Waals surface area (Å²) in [5.74, 6) is 1.68. The van der Waals surface area contributed by atoms with E-state index in [1.807, 2.05) is 60.0 Å². The van der Waals surface area contributed by atoms with Crippen LogP contribution in [0.4, 0.5) is 0 Å². The molecule has 1 heterocycles. The van der Waals surface area contributed by atoms with Crippen LogP contribution in [-0.2, 0) is 22.4 Å². The van der Waals surface area contributed by atoms with E-state index >= 15 is 0 Å². The van der Waals surface area contributed by atoms with Gasteiger partial charge < -0.3 is 24.4 Å². The van der Waals surface area contributed by atoms with Crippen molar-refractivity contribution in [2.45, 2.75) is 57.0 Å². The SMILES string of the molecule is COc1cccc([C@@H](C(=O)NC2CCCCC2)N(CCc2ccc(OC)c(OC)c2)C(=O)Cc2cccs2)c1. The summed E-state index contributed by atoms with van der Waals surface area (Å²) in [5.41, 5.74) is 1.72. The summed E-state index contributed by atoms with van der Waals surface area (Å²) in [6.07, 6.45) is 6.12. The van der Waals surface area contributed by atoms with E-state index in [0.29, 0.717) is 30.2 Å². The molecule has 3 aromatic rings. The summed E-state index contributed by atoms with van der Waals surface area (Å²) in [4.78, 5) is 30.6. The van der Waals surface area contributed by atoms with Gasteiger partial charge in [0.05, 0.1) is 27.8 Å². The molecule has 4 rings (SSSR count). The molecule has 1 atom stereocenters. The van der Waals surface area contributed by atoms with E-state index in [2.05, 4.69) is 5.32 Å². The summed E-state index contributed by atoms with van der Waals surface area (Å²) in [6, 6.07) is 16.5. The predicted octanol–water partition coefficient (Wildman–Crippen LogP) is 5.58. The quantitative estimate of drug-likeness (QED) is 0.319. The molecule has 1 fully saturated rings. The molecular weight excluding hydrogens is 512 g/mol. The van der Waals surface area contributed by atoms with Crippen molar-refractivity contribution in [3.63, 3.8) is 0 Å². The number of carbonyl (C=O) groups is 2. The van der Waals surface area contributed by atoms with Crippen LogP contribution >= 0.6 is 11.3 Å². The van der Waals surface area contributed by atoms with E-state index in [9.17, 15) is 9.59 Å². The first-order valence-corrected chi connectivity index (χ1v) is 14.4. The van der Waals surface area contributed by atoms with Gasteiger partial charge >= 0.3 is 0 Å². The van der Waals surface area contributed by atoms with Crippen molar-refractivity contribution < 1.29 is 23.8 Å². The van der Waals surface area contributed by atoms with Gasteiger partial charge in [0, 0.05) is 17.5 Å². The zero-order chi connectivity index (χ0) is 27.6. The number of carbonyl (C=O) groups excluding carboxylic acids is 2. The maximum Gasteiger partial charge on any atom is 0.247 e. The largest absolute Gasteiger partial charge is 0.497 e. The Morgan fingerprint density at radius 3 is 2.44 bits per heavy atom. The Hall–Kier alpha value is -3.52. The Labute approximate surface area is 235 Å². The molecule has 8 heteroatoms. The number of hydrogen-bond donors (Lipinski definition) is 1. The highest BCUT2D eigenvalue weighted by Crippen LogP contribution is 2.30. The number of hydrogen-bond acceptors (Lipinski definition) is 6. The third-order valence-corrected chi connectivity index (χ3v) is 8.11. The summed E-state index contributed by atoms with van der Waals surface area (Å²) >= 11 is 1.54. The first-order valence-electron chi connectivity index (χ1n) is 13.5. The molecule has 1 aliphatic rings. The van der Waals surface area contributed by atoms with Crippen molar-refractivity contribution in [1.82, 2.24) is 10.2 Å². The maximum atomic E-state index is 14.0. The molecule has 1 aromatic heterocycles. The first-order chi connectivity index (χ1) is 19.0. The zero-order valence-corrected chi connectivity index (χ0v) is 23.8. The minimum absolute atomic E-state index is 0.0930. The fraction of sp³-hybridized carbons (Fsp3) is 0.419. The second-order valence-electron chi connectivity index (χ2n) is 9.81. The Bertz CT molecular complexity index is 1220. The third kappa shape index (κ3) is 7.53. The highest BCUT2D eigenvalue weighted by Gasteiger charge is 2.33. The number of thiophene rings is 1.